The second-order valence-corrected chi connectivity index (χ2v) is 12.0. The Morgan fingerprint density at radius 3 is 2.54 bits per heavy atom. The van der Waals surface area contributed by atoms with E-state index in [0.29, 0.717) is 12.2 Å². The molecule has 2 aliphatic carbocycles. The molecule has 0 amide bonds. The van der Waals surface area contributed by atoms with Crippen molar-refractivity contribution in [2.75, 3.05) is 7.11 Å². The lowest BCUT2D eigenvalue weighted by atomic mass is 9.72. The van der Waals surface area contributed by atoms with Crippen LogP contribution in [0, 0.1) is 0 Å². The molecule has 1 aliphatic heterocycles. The molecular formula is C35H42O6. The Bertz CT molecular complexity index is 1390. The zero-order valence-electron chi connectivity index (χ0n) is 24.2. The predicted molar refractivity (Wildman–Crippen MR) is 159 cm³/mol. The van der Waals surface area contributed by atoms with Crippen LogP contribution in [0.2, 0.25) is 0 Å². The van der Waals surface area contributed by atoms with E-state index in [1.165, 1.54) is 12.0 Å². The minimum absolute atomic E-state index is 0.105. The standard InChI is InChI=1S/C35H42O6/c1-3-4-6-9-21-16-23-17-24(36)13-14-26(23)34-32(39-2)20-30-27(33(21)34)19-29(38)35(41-30)22-12-15-28(37)31(18-22)40-25-10-7-5-8-11-25/h12-15,17-18,20-21,25,29,35-38H,3-11,16,19H2,1-2H3. The average molecular weight is 559 g/mol. The van der Waals surface area contributed by atoms with E-state index in [1.807, 2.05) is 30.3 Å². The summed E-state index contributed by atoms with van der Waals surface area (Å²) in [5, 5.41) is 32.3. The van der Waals surface area contributed by atoms with Gasteiger partial charge in [-0.25, -0.2) is 0 Å². The molecule has 6 heteroatoms. The molecule has 6 rings (SSSR count). The number of fused-ring (bicyclic) bond motifs is 5. The molecule has 3 aromatic carbocycles. The lowest BCUT2D eigenvalue weighted by Crippen LogP contribution is -2.32. The van der Waals surface area contributed by atoms with E-state index >= 15 is 0 Å². The van der Waals surface area contributed by atoms with Crippen molar-refractivity contribution >= 4 is 0 Å². The summed E-state index contributed by atoms with van der Waals surface area (Å²) in [6.45, 7) is 2.21. The van der Waals surface area contributed by atoms with Crippen molar-refractivity contribution in [3.8, 4) is 39.9 Å². The molecule has 0 saturated heterocycles. The first kappa shape index (κ1) is 27.8. The van der Waals surface area contributed by atoms with Crippen molar-refractivity contribution < 1.29 is 29.5 Å². The molecule has 1 heterocycles. The SMILES string of the molecule is CCCCCC1Cc2cc(O)ccc2-c2c(OC)cc3c(c21)CC(O)C(c1ccc(O)c(OC2CCCCC2)c1)O3. The summed E-state index contributed by atoms with van der Waals surface area (Å²) in [7, 11) is 1.69. The van der Waals surface area contributed by atoms with Crippen molar-refractivity contribution in [3.05, 3.63) is 64.7 Å². The second kappa shape index (κ2) is 11.8. The fourth-order valence-electron chi connectivity index (χ4n) is 7.13. The Morgan fingerprint density at radius 2 is 1.76 bits per heavy atom. The number of hydrogen-bond donors (Lipinski definition) is 3. The van der Waals surface area contributed by atoms with Gasteiger partial charge in [0.1, 0.15) is 23.4 Å². The topological polar surface area (TPSA) is 88.4 Å². The lowest BCUT2D eigenvalue weighted by molar-refractivity contribution is 0.0199. The Labute approximate surface area is 242 Å². The van der Waals surface area contributed by atoms with Gasteiger partial charge in [0.2, 0.25) is 0 Å². The highest BCUT2D eigenvalue weighted by atomic mass is 16.5. The highest BCUT2D eigenvalue weighted by Gasteiger charge is 2.38. The van der Waals surface area contributed by atoms with Crippen molar-refractivity contribution in [1.82, 2.24) is 0 Å². The molecule has 3 N–H and O–H groups in total. The molecule has 3 aliphatic rings. The van der Waals surface area contributed by atoms with Crippen molar-refractivity contribution in [2.24, 2.45) is 0 Å². The number of hydrogen-bond acceptors (Lipinski definition) is 6. The van der Waals surface area contributed by atoms with E-state index in [4.69, 9.17) is 14.2 Å². The van der Waals surface area contributed by atoms with Crippen molar-refractivity contribution in [1.29, 1.82) is 0 Å². The number of phenolic OH excluding ortho intramolecular Hbond substituents is 2. The zero-order valence-corrected chi connectivity index (χ0v) is 24.2. The van der Waals surface area contributed by atoms with Crippen LogP contribution in [0.15, 0.2) is 42.5 Å². The Kier molecular flexibility index (Phi) is 8.03. The maximum atomic E-state index is 11.5. The van der Waals surface area contributed by atoms with Crippen LogP contribution in [-0.2, 0) is 12.8 Å². The molecular weight excluding hydrogens is 516 g/mol. The van der Waals surface area contributed by atoms with Crippen LogP contribution in [0.1, 0.15) is 99.0 Å². The van der Waals surface area contributed by atoms with Gasteiger partial charge in [-0.05, 0) is 91.0 Å². The maximum absolute atomic E-state index is 11.5. The van der Waals surface area contributed by atoms with E-state index in [9.17, 15) is 15.3 Å². The van der Waals surface area contributed by atoms with Gasteiger partial charge in [-0.15, -0.1) is 0 Å². The molecule has 1 saturated carbocycles. The molecule has 3 aromatic rings. The van der Waals surface area contributed by atoms with Gasteiger partial charge in [-0.1, -0.05) is 44.7 Å². The van der Waals surface area contributed by atoms with E-state index in [-0.39, 0.29) is 23.5 Å². The van der Waals surface area contributed by atoms with Crippen LogP contribution in [-0.4, -0.2) is 34.6 Å². The summed E-state index contributed by atoms with van der Waals surface area (Å²) in [6.07, 6.45) is 10.00. The predicted octanol–water partition coefficient (Wildman–Crippen LogP) is 7.74. The summed E-state index contributed by atoms with van der Waals surface area (Å²) in [6, 6.07) is 12.8. The van der Waals surface area contributed by atoms with Gasteiger partial charge >= 0.3 is 0 Å². The summed E-state index contributed by atoms with van der Waals surface area (Å²) < 4.78 is 18.8. The lowest BCUT2D eigenvalue weighted by Gasteiger charge is -2.37. The Morgan fingerprint density at radius 1 is 0.927 bits per heavy atom. The van der Waals surface area contributed by atoms with Gasteiger partial charge < -0.3 is 29.5 Å². The van der Waals surface area contributed by atoms with Crippen molar-refractivity contribution in [2.45, 2.75) is 102 Å². The van der Waals surface area contributed by atoms with E-state index < -0.39 is 12.2 Å². The number of aliphatic hydroxyl groups excluding tert-OH is 1. The van der Waals surface area contributed by atoms with Gasteiger partial charge in [0.05, 0.1) is 19.3 Å². The first-order valence-electron chi connectivity index (χ1n) is 15.4. The summed E-state index contributed by atoms with van der Waals surface area (Å²) in [4.78, 5) is 0. The molecule has 3 atom stereocenters. The largest absolute Gasteiger partial charge is 0.508 e. The fourth-order valence-corrected chi connectivity index (χ4v) is 7.13. The first-order valence-corrected chi connectivity index (χ1v) is 15.4. The van der Waals surface area contributed by atoms with E-state index in [1.54, 1.807) is 19.2 Å². The number of unbranched alkanes of at least 4 members (excludes halogenated alkanes) is 2. The van der Waals surface area contributed by atoms with Gasteiger partial charge in [0.15, 0.2) is 11.5 Å². The first-order chi connectivity index (χ1) is 20.0. The van der Waals surface area contributed by atoms with Gasteiger partial charge in [0.25, 0.3) is 0 Å². The summed E-state index contributed by atoms with van der Waals surface area (Å²) in [5.74, 6) is 2.56. The third-order valence-corrected chi connectivity index (χ3v) is 9.18. The van der Waals surface area contributed by atoms with Crippen LogP contribution >= 0.6 is 0 Å². The smallest absolute Gasteiger partial charge is 0.161 e. The van der Waals surface area contributed by atoms with Gasteiger partial charge in [0, 0.05) is 23.6 Å². The summed E-state index contributed by atoms with van der Waals surface area (Å²) in [5.41, 5.74) is 6.28. The highest BCUT2D eigenvalue weighted by molar-refractivity contribution is 5.83. The van der Waals surface area contributed by atoms with Gasteiger partial charge in [-0.2, -0.15) is 0 Å². The number of benzene rings is 3. The molecule has 0 spiro atoms. The number of rotatable bonds is 8. The quantitative estimate of drug-likeness (QED) is 0.245. The third-order valence-electron chi connectivity index (χ3n) is 9.18. The van der Waals surface area contributed by atoms with Crippen molar-refractivity contribution in [3.63, 3.8) is 0 Å². The molecule has 218 valence electrons. The molecule has 6 nitrogen and oxygen atoms in total. The minimum Gasteiger partial charge on any atom is -0.508 e. The van der Waals surface area contributed by atoms with Crippen LogP contribution in [0.25, 0.3) is 11.1 Å². The Balaban J connectivity index is 1.38. The van der Waals surface area contributed by atoms with Crippen LogP contribution < -0.4 is 14.2 Å². The molecule has 0 radical (unpaired) electrons. The number of phenols is 2. The average Bonchev–Trinajstić information content (AvgIpc) is 2.98. The zero-order chi connectivity index (χ0) is 28.5. The van der Waals surface area contributed by atoms with Crippen LogP contribution in [0.4, 0.5) is 0 Å². The van der Waals surface area contributed by atoms with Crippen LogP contribution in [0.5, 0.6) is 28.7 Å². The Hall–Kier alpha value is -3.38. The number of methoxy groups -OCH3 is 1. The monoisotopic (exact) mass is 558 g/mol. The van der Waals surface area contributed by atoms with E-state index in [2.05, 4.69) is 6.92 Å². The van der Waals surface area contributed by atoms with E-state index in [0.717, 1.165) is 97.1 Å². The maximum Gasteiger partial charge on any atom is 0.161 e. The fraction of sp³-hybridized carbons (Fsp3) is 0.486. The molecule has 3 unspecified atom stereocenters. The molecule has 41 heavy (non-hydrogen) atoms. The second-order valence-electron chi connectivity index (χ2n) is 12.0. The van der Waals surface area contributed by atoms with Gasteiger partial charge in [-0.3, -0.25) is 0 Å². The number of aliphatic hydroxyl groups is 1. The molecule has 0 bridgehead atoms. The van der Waals surface area contributed by atoms with Crippen LogP contribution in [0.3, 0.4) is 0 Å². The number of ether oxygens (including phenoxy) is 3. The molecule has 1 fully saturated rings. The normalized spacial score (nSPS) is 21.8. The minimum atomic E-state index is -0.760. The highest BCUT2D eigenvalue weighted by Crippen LogP contribution is 2.53. The third kappa shape index (κ3) is 5.46. The number of aromatic hydroxyl groups is 2. The molecule has 0 aromatic heterocycles. The summed E-state index contributed by atoms with van der Waals surface area (Å²) >= 11 is 0.